The molecule has 3 saturated heterocycles. The minimum absolute atomic E-state index is 0.0509. The number of likely N-dealkylation sites (N-methyl/N-ethyl adjacent to an activating group) is 1. The summed E-state index contributed by atoms with van der Waals surface area (Å²) in [4.78, 5) is 24.4. The number of carbonyl (C=O) groups is 1. The van der Waals surface area contributed by atoms with Crippen LogP contribution in [-0.2, 0) is 0 Å². The maximum Gasteiger partial charge on any atom is 0.407 e. The number of benzene rings is 1. The van der Waals surface area contributed by atoms with Crippen LogP contribution in [0.3, 0.4) is 0 Å². The van der Waals surface area contributed by atoms with Crippen LogP contribution in [0.5, 0.6) is 6.01 Å². The quantitative estimate of drug-likeness (QED) is 0.481. The van der Waals surface area contributed by atoms with Crippen molar-refractivity contribution in [2.45, 2.75) is 47.2 Å². The first-order chi connectivity index (χ1) is 15.4. The van der Waals surface area contributed by atoms with E-state index in [-0.39, 0.29) is 18.6 Å². The van der Waals surface area contributed by atoms with Gasteiger partial charge >= 0.3 is 12.1 Å². The van der Waals surface area contributed by atoms with Gasteiger partial charge in [-0.05, 0) is 32.5 Å². The Kier molecular flexibility index (Phi) is 5.90. The summed E-state index contributed by atoms with van der Waals surface area (Å²) in [5.74, 6) is 0. The van der Waals surface area contributed by atoms with Crippen molar-refractivity contribution >= 4 is 44.5 Å². The Morgan fingerprint density at radius 3 is 2.88 bits per heavy atom. The summed E-state index contributed by atoms with van der Waals surface area (Å²) in [6.07, 6.45) is 1.02. The highest BCUT2D eigenvalue weighted by Crippen LogP contribution is 2.48. The molecule has 2 bridgehead atoms. The van der Waals surface area contributed by atoms with Gasteiger partial charge in [-0.2, -0.15) is 9.97 Å². The SMILES string of the molecule is CN1CCC[C@H]1COc1nc(C2C3C(Br)C(Cl)C(CN2C(=O)O)N3F)c2ccccc2n1. The molecule has 0 saturated carbocycles. The molecule has 4 heterocycles. The second kappa shape index (κ2) is 8.55. The third-order valence-corrected chi connectivity index (χ3v) is 8.84. The van der Waals surface area contributed by atoms with Crippen LogP contribution in [0.15, 0.2) is 24.3 Å². The monoisotopic (exact) mass is 527 g/mol. The molecule has 1 aromatic carbocycles. The lowest BCUT2D eigenvalue weighted by Crippen LogP contribution is -2.55. The van der Waals surface area contributed by atoms with Gasteiger partial charge in [-0.3, -0.25) is 4.90 Å². The number of fused-ring (bicyclic) bond motifs is 3. The second-order valence-electron chi connectivity index (χ2n) is 8.67. The van der Waals surface area contributed by atoms with Gasteiger partial charge in [0.05, 0.1) is 39.5 Å². The minimum atomic E-state index is -1.14. The molecule has 5 unspecified atom stereocenters. The largest absolute Gasteiger partial charge is 0.465 e. The van der Waals surface area contributed by atoms with E-state index in [1.807, 2.05) is 24.3 Å². The summed E-state index contributed by atoms with van der Waals surface area (Å²) >= 11 is 9.97. The van der Waals surface area contributed by atoms with Crippen LogP contribution >= 0.6 is 27.5 Å². The molecule has 6 atom stereocenters. The Balaban J connectivity index is 1.57. The van der Waals surface area contributed by atoms with Crippen molar-refractivity contribution in [1.82, 2.24) is 24.9 Å². The van der Waals surface area contributed by atoms with E-state index >= 15 is 4.48 Å². The van der Waals surface area contributed by atoms with Gasteiger partial charge in [0.1, 0.15) is 6.61 Å². The topological polar surface area (TPSA) is 82.0 Å². The zero-order valence-corrected chi connectivity index (χ0v) is 19.8. The first-order valence-electron chi connectivity index (χ1n) is 10.7. The van der Waals surface area contributed by atoms with Crippen molar-refractivity contribution in [3.05, 3.63) is 30.0 Å². The Hall–Kier alpha value is -1.75. The summed E-state index contributed by atoms with van der Waals surface area (Å²) in [6, 6.07) is 5.36. The molecule has 0 spiro atoms. The lowest BCUT2D eigenvalue weighted by Gasteiger charge is -2.41. The van der Waals surface area contributed by atoms with E-state index in [2.05, 4.69) is 37.8 Å². The molecule has 1 amide bonds. The number of likely N-dealkylation sites (tertiary alicyclic amines) is 2. The third-order valence-electron chi connectivity index (χ3n) is 6.86. The van der Waals surface area contributed by atoms with Crippen LogP contribution in [0.1, 0.15) is 24.6 Å². The van der Waals surface area contributed by atoms with Gasteiger partial charge < -0.3 is 14.7 Å². The average molecular weight is 529 g/mol. The molecule has 1 N–H and O–H groups in total. The van der Waals surface area contributed by atoms with Crippen LogP contribution in [0, 0.1) is 0 Å². The van der Waals surface area contributed by atoms with Crippen molar-refractivity contribution in [3.63, 3.8) is 0 Å². The normalized spacial score (nSPS) is 33.2. The van der Waals surface area contributed by atoms with Crippen LogP contribution in [-0.4, -0.2) is 91.2 Å². The lowest BCUT2D eigenvalue weighted by atomic mass is 9.97. The highest BCUT2D eigenvalue weighted by Gasteiger charge is 2.59. The number of hydrogen-bond donors (Lipinski definition) is 1. The number of ether oxygens (including phenoxy) is 1. The molecule has 1 aromatic heterocycles. The smallest absolute Gasteiger partial charge is 0.407 e. The van der Waals surface area contributed by atoms with Crippen molar-refractivity contribution in [2.24, 2.45) is 0 Å². The zero-order valence-electron chi connectivity index (χ0n) is 17.4. The van der Waals surface area contributed by atoms with E-state index in [9.17, 15) is 9.90 Å². The number of alkyl halides is 2. The van der Waals surface area contributed by atoms with Crippen LogP contribution in [0.25, 0.3) is 10.9 Å². The highest BCUT2D eigenvalue weighted by atomic mass is 79.9. The van der Waals surface area contributed by atoms with Gasteiger partial charge in [0, 0.05) is 18.0 Å². The molecule has 3 aliphatic heterocycles. The predicted molar refractivity (Wildman–Crippen MR) is 121 cm³/mol. The Morgan fingerprint density at radius 2 is 2.16 bits per heavy atom. The number of hydrogen-bond acceptors (Lipinski definition) is 6. The van der Waals surface area contributed by atoms with E-state index in [0.717, 1.165) is 19.4 Å². The van der Waals surface area contributed by atoms with Gasteiger partial charge in [-0.25, -0.2) is 4.79 Å². The number of aromatic nitrogens is 2. The molecular formula is C21H24BrClFN5O3. The molecule has 0 aliphatic carbocycles. The Labute approximate surface area is 198 Å². The molecule has 3 fully saturated rings. The predicted octanol–water partition coefficient (Wildman–Crippen LogP) is 3.45. The standard InChI is InChI=1S/C21H24BrClFN5O3/c1-27-8-4-5-11(27)10-32-20-25-13-7-3-2-6-12(13)17(26-20)19-18-15(22)16(23)14(29(18)24)9-28(19)21(30)31/h2-3,6-7,11,14-16,18-19H,4-5,8-10H2,1H3,(H,30,31)/t11-,14?,15?,16?,18?,19?/m0/s1. The first-order valence-corrected chi connectivity index (χ1v) is 12.0. The highest BCUT2D eigenvalue weighted by molar-refractivity contribution is 9.09. The summed E-state index contributed by atoms with van der Waals surface area (Å²) in [5.41, 5.74) is 1.05. The Bertz CT molecular complexity index is 1030. The lowest BCUT2D eigenvalue weighted by molar-refractivity contribution is -0.0967. The molecule has 3 aliphatic rings. The summed E-state index contributed by atoms with van der Waals surface area (Å²) in [6.45, 7) is 1.41. The molecule has 0 radical (unpaired) electrons. The zero-order chi connectivity index (χ0) is 22.6. The molecule has 2 aromatic rings. The number of carboxylic acid groups (broad SMARTS) is 1. The molecular weight excluding hydrogens is 505 g/mol. The fourth-order valence-electron chi connectivity index (χ4n) is 5.12. The number of halogens is 3. The number of nitrogens with zero attached hydrogens (tertiary/aromatic N) is 5. The second-order valence-corrected chi connectivity index (χ2v) is 10.2. The minimum Gasteiger partial charge on any atom is -0.465 e. The summed E-state index contributed by atoms with van der Waals surface area (Å²) in [5, 5.41) is 10.7. The molecule has 8 nitrogen and oxygen atoms in total. The number of piperazine rings is 1. The average Bonchev–Trinajstić information content (AvgIpc) is 3.24. The fraction of sp³-hybridized carbons (Fsp3) is 0.571. The van der Waals surface area contributed by atoms with Crippen LogP contribution in [0.4, 0.5) is 9.28 Å². The maximum atomic E-state index is 15.2. The van der Waals surface area contributed by atoms with Crippen molar-refractivity contribution in [3.8, 4) is 6.01 Å². The van der Waals surface area contributed by atoms with Gasteiger partial charge in [0.2, 0.25) is 0 Å². The first kappa shape index (κ1) is 22.1. The molecule has 32 heavy (non-hydrogen) atoms. The van der Waals surface area contributed by atoms with Gasteiger partial charge in [-0.1, -0.05) is 34.1 Å². The molecule has 11 heteroatoms. The summed E-state index contributed by atoms with van der Waals surface area (Å²) in [7, 11) is 2.06. The van der Waals surface area contributed by atoms with E-state index in [4.69, 9.17) is 16.3 Å². The van der Waals surface area contributed by atoms with Gasteiger partial charge in [-0.15, -0.1) is 21.2 Å². The number of amides is 1. The number of para-hydroxylation sites is 1. The molecule has 172 valence electrons. The maximum absolute atomic E-state index is 15.2. The van der Waals surface area contributed by atoms with E-state index in [1.54, 1.807) is 0 Å². The van der Waals surface area contributed by atoms with Crippen LogP contribution < -0.4 is 4.74 Å². The summed E-state index contributed by atoms with van der Waals surface area (Å²) < 4.78 is 21.2. The van der Waals surface area contributed by atoms with E-state index in [0.29, 0.717) is 28.3 Å². The van der Waals surface area contributed by atoms with Gasteiger partial charge in [0.25, 0.3) is 0 Å². The van der Waals surface area contributed by atoms with Crippen LogP contribution in [0.2, 0.25) is 0 Å². The van der Waals surface area contributed by atoms with Crippen molar-refractivity contribution < 1.29 is 19.1 Å². The van der Waals surface area contributed by atoms with Crippen molar-refractivity contribution in [1.29, 1.82) is 0 Å². The van der Waals surface area contributed by atoms with E-state index < -0.39 is 34.4 Å². The molecule has 5 rings (SSSR count). The van der Waals surface area contributed by atoms with Gasteiger partial charge in [0.15, 0.2) is 0 Å². The van der Waals surface area contributed by atoms with E-state index in [1.165, 1.54) is 4.90 Å². The van der Waals surface area contributed by atoms with Crippen molar-refractivity contribution in [2.75, 3.05) is 26.7 Å². The Morgan fingerprint density at radius 1 is 1.38 bits per heavy atom. The third kappa shape index (κ3) is 3.61. The fourth-order valence-corrected chi connectivity index (χ4v) is 6.32. The number of rotatable bonds is 4.